The van der Waals surface area contributed by atoms with E-state index in [0.717, 1.165) is 0 Å². The second kappa shape index (κ2) is 10.5. The van der Waals surface area contributed by atoms with E-state index >= 15 is 0 Å². The number of carbonyl (C=O) groups is 2. The molecule has 1 aliphatic heterocycles. The summed E-state index contributed by atoms with van der Waals surface area (Å²) < 4.78 is 43.9. The van der Waals surface area contributed by atoms with E-state index in [0.29, 0.717) is 23.5 Å². The molecule has 0 saturated carbocycles. The Morgan fingerprint density at radius 3 is 2.21 bits per heavy atom. The summed E-state index contributed by atoms with van der Waals surface area (Å²) in [5.74, 6) is -0.180. The van der Waals surface area contributed by atoms with Gasteiger partial charge in [0.05, 0.1) is 29.3 Å². The molecule has 2 unspecified atom stereocenters. The molecule has 1 saturated heterocycles. The third-order valence-electron chi connectivity index (χ3n) is 5.24. The van der Waals surface area contributed by atoms with Crippen molar-refractivity contribution in [1.82, 2.24) is 4.31 Å². The molecular formula is C24H29NO7S. The van der Waals surface area contributed by atoms with Crippen LogP contribution >= 0.6 is 0 Å². The Morgan fingerprint density at radius 2 is 1.64 bits per heavy atom. The SMILES string of the molecule is CCOc1ccc(C(C)=O)cc1COC(=O)c1ccc(S(=O)(=O)N2CC(C)OC(C)C2)cc1. The van der Waals surface area contributed by atoms with Gasteiger partial charge in [-0.15, -0.1) is 0 Å². The van der Waals surface area contributed by atoms with Gasteiger partial charge in [0.1, 0.15) is 12.4 Å². The van der Waals surface area contributed by atoms with Crippen LogP contribution in [-0.2, 0) is 26.1 Å². The predicted octanol–water partition coefficient (Wildman–Crippen LogP) is 3.44. The van der Waals surface area contributed by atoms with Crippen molar-refractivity contribution < 1.29 is 32.2 Å². The first-order valence-corrected chi connectivity index (χ1v) is 12.2. The number of sulfonamides is 1. The molecule has 2 atom stereocenters. The van der Waals surface area contributed by atoms with Gasteiger partial charge in [-0.2, -0.15) is 4.31 Å². The van der Waals surface area contributed by atoms with Gasteiger partial charge in [0, 0.05) is 24.2 Å². The van der Waals surface area contributed by atoms with E-state index in [1.807, 2.05) is 20.8 Å². The van der Waals surface area contributed by atoms with Crippen molar-refractivity contribution in [3.8, 4) is 5.75 Å². The van der Waals surface area contributed by atoms with Gasteiger partial charge >= 0.3 is 5.97 Å². The lowest BCUT2D eigenvalue weighted by Gasteiger charge is -2.34. The number of morpholine rings is 1. The van der Waals surface area contributed by atoms with Gasteiger partial charge in [0.2, 0.25) is 10.0 Å². The lowest BCUT2D eigenvalue weighted by Crippen LogP contribution is -2.48. The fourth-order valence-electron chi connectivity index (χ4n) is 3.67. The summed E-state index contributed by atoms with van der Waals surface area (Å²) in [6.45, 7) is 7.86. The highest BCUT2D eigenvalue weighted by Gasteiger charge is 2.32. The van der Waals surface area contributed by atoms with Crippen LogP contribution in [0.2, 0.25) is 0 Å². The Labute approximate surface area is 194 Å². The number of nitrogens with zero attached hydrogens (tertiary/aromatic N) is 1. The summed E-state index contributed by atoms with van der Waals surface area (Å²) in [5, 5.41) is 0. The minimum atomic E-state index is -3.70. The molecule has 0 radical (unpaired) electrons. The Bertz CT molecular complexity index is 1100. The van der Waals surface area contributed by atoms with Crippen molar-refractivity contribution in [3.63, 3.8) is 0 Å². The Hall–Kier alpha value is -2.75. The summed E-state index contributed by atoms with van der Waals surface area (Å²) in [5.41, 5.74) is 1.29. The molecule has 8 nitrogen and oxygen atoms in total. The number of hydrogen-bond donors (Lipinski definition) is 0. The van der Waals surface area contributed by atoms with Crippen LogP contribution in [0.4, 0.5) is 0 Å². The standard InChI is InChI=1S/C24H29NO7S/c1-5-30-23-11-8-20(18(4)26)12-21(23)15-31-24(27)19-6-9-22(10-7-19)33(28,29)25-13-16(2)32-17(3)14-25/h6-12,16-17H,5,13-15H2,1-4H3. The van der Waals surface area contributed by atoms with Crippen molar-refractivity contribution in [2.75, 3.05) is 19.7 Å². The Kier molecular flexibility index (Phi) is 7.88. The maximum atomic E-state index is 13.0. The van der Waals surface area contributed by atoms with Gasteiger partial charge in [-0.1, -0.05) is 0 Å². The van der Waals surface area contributed by atoms with E-state index in [-0.39, 0.29) is 48.1 Å². The zero-order valence-corrected chi connectivity index (χ0v) is 20.1. The van der Waals surface area contributed by atoms with Gasteiger partial charge in [0.15, 0.2) is 5.78 Å². The van der Waals surface area contributed by atoms with Crippen molar-refractivity contribution in [2.24, 2.45) is 0 Å². The van der Waals surface area contributed by atoms with Crippen LogP contribution in [0.1, 0.15) is 54.0 Å². The Balaban J connectivity index is 1.71. The summed E-state index contributed by atoms with van der Waals surface area (Å²) >= 11 is 0. The van der Waals surface area contributed by atoms with Gasteiger partial charge < -0.3 is 14.2 Å². The number of hydrogen-bond acceptors (Lipinski definition) is 7. The fourth-order valence-corrected chi connectivity index (χ4v) is 5.26. The average molecular weight is 476 g/mol. The lowest BCUT2D eigenvalue weighted by atomic mass is 10.1. The molecule has 0 aromatic heterocycles. The van der Waals surface area contributed by atoms with E-state index in [1.165, 1.54) is 35.5 Å². The Morgan fingerprint density at radius 1 is 1.03 bits per heavy atom. The maximum absolute atomic E-state index is 13.0. The highest BCUT2D eigenvalue weighted by Crippen LogP contribution is 2.24. The first kappa shape index (κ1) is 24.9. The maximum Gasteiger partial charge on any atom is 0.338 e. The third kappa shape index (κ3) is 5.98. The van der Waals surface area contributed by atoms with E-state index in [4.69, 9.17) is 14.2 Å². The second-order valence-corrected chi connectivity index (χ2v) is 9.93. The van der Waals surface area contributed by atoms with Gasteiger partial charge in [-0.3, -0.25) is 4.79 Å². The number of carbonyl (C=O) groups excluding carboxylic acids is 2. The quantitative estimate of drug-likeness (QED) is 0.426. The normalized spacial score (nSPS) is 19.2. The molecule has 0 N–H and O–H groups in total. The molecule has 0 aliphatic carbocycles. The summed E-state index contributed by atoms with van der Waals surface area (Å²) in [6, 6.07) is 10.6. The number of Topliss-reactive ketones (excluding diaryl/α,β-unsaturated/α-hetero) is 1. The summed E-state index contributed by atoms with van der Waals surface area (Å²) in [7, 11) is -3.70. The van der Waals surface area contributed by atoms with Crippen LogP contribution in [0.3, 0.4) is 0 Å². The number of ketones is 1. The minimum Gasteiger partial charge on any atom is -0.493 e. The monoisotopic (exact) mass is 475 g/mol. The summed E-state index contributed by atoms with van der Waals surface area (Å²) in [6.07, 6.45) is -0.387. The van der Waals surface area contributed by atoms with Crippen LogP contribution in [0, 0.1) is 0 Å². The molecule has 2 aromatic carbocycles. The highest BCUT2D eigenvalue weighted by molar-refractivity contribution is 7.89. The zero-order chi connectivity index (χ0) is 24.2. The molecule has 0 amide bonds. The minimum absolute atomic E-state index is 0.0844. The van der Waals surface area contributed by atoms with Crippen LogP contribution < -0.4 is 4.74 Å². The molecule has 2 aromatic rings. The third-order valence-corrected chi connectivity index (χ3v) is 7.09. The molecule has 178 valence electrons. The van der Waals surface area contributed by atoms with Crippen LogP contribution in [0.25, 0.3) is 0 Å². The topological polar surface area (TPSA) is 99.2 Å². The van der Waals surface area contributed by atoms with Crippen LogP contribution in [0.5, 0.6) is 5.75 Å². The van der Waals surface area contributed by atoms with Gasteiger partial charge in [-0.25, -0.2) is 13.2 Å². The van der Waals surface area contributed by atoms with E-state index in [1.54, 1.807) is 18.2 Å². The molecule has 0 spiro atoms. The molecule has 1 fully saturated rings. The van der Waals surface area contributed by atoms with Gasteiger partial charge in [-0.05, 0) is 70.2 Å². The fraction of sp³-hybridized carbons (Fsp3) is 0.417. The second-order valence-electron chi connectivity index (χ2n) is 7.99. The number of esters is 1. The van der Waals surface area contributed by atoms with E-state index in [9.17, 15) is 18.0 Å². The summed E-state index contributed by atoms with van der Waals surface area (Å²) in [4.78, 5) is 24.3. The van der Waals surface area contributed by atoms with Gasteiger partial charge in [0.25, 0.3) is 0 Å². The van der Waals surface area contributed by atoms with Crippen LogP contribution in [-0.4, -0.2) is 56.4 Å². The number of rotatable bonds is 8. The molecule has 9 heteroatoms. The molecule has 1 heterocycles. The van der Waals surface area contributed by atoms with Crippen molar-refractivity contribution in [3.05, 3.63) is 59.2 Å². The molecular weight excluding hydrogens is 446 g/mol. The number of benzene rings is 2. The first-order chi connectivity index (χ1) is 15.6. The largest absolute Gasteiger partial charge is 0.493 e. The van der Waals surface area contributed by atoms with Crippen molar-refractivity contribution in [2.45, 2.75) is 51.4 Å². The van der Waals surface area contributed by atoms with Crippen molar-refractivity contribution in [1.29, 1.82) is 0 Å². The molecule has 1 aliphatic rings. The molecule has 3 rings (SSSR count). The highest BCUT2D eigenvalue weighted by atomic mass is 32.2. The smallest absolute Gasteiger partial charge is 0.338 e. The molecule has 33 heavy (non-hydrogen) atoms. The average Bonchev–Trinajstić information content (AvgIpc) is 2.77. The van der Waals surface area contributed by atoms with Crippen molar-refractivity contribution >= 4 is 21.8 Å². The lowest BCUT2D eigenvalue weighted by molar-refractivity contribution is -0.0440. The number of ether oxygens (including phenoxy) is 3. The van der Waals surface area contributed by atoms with Crippen LogP contribution in [0.15, 0.2) is 47.4 Å². The molecule has 0 bridgehead atoms. The van der Waals surface area contributed by atoms with E-state index < -0.39 is 16.0 Å². The zero-order valence-electron chi connectivity index (χ0n) is 19.2. The van der Waals surface area contributed by atoms with E-state index in [2.05, 4.69) is 0 Å². The first-order valence-electron chi connectivity index (χ1n) is 10.8. The predicted molar refractivity (Wildman–Crippen MR) is 122 cm³/mol.